The van der Waals surface area contributed by atoms with Crippen LogP contribution in [0.3, 0.4) is 0 Å². The molecule has 13 heavy (non-hydrogen) atoms. The number of carbonyl (C=O) groups is 1. The fraction of sp³-hybridized carbons (Fsp3) is 0.333. The van der Waals surface area contributed by atoms with Crippen molar-refractivity contribution in [2.45, 2.75) is 18.8 Å². The van der Waals surface area contributed by atoms with Gasteiger partial charge in [-0.15, -0.1) is 0 Å². The number of fused-ring (bicyclic) bond motifs is 1. The summed E-state index contributed by atoms with van der Waals surface area (Å²) in [5.74, 6) is 0.514. The van der Waals surface area contributed by atoms with Crippen molar-refractivity contribution in [3.8, 4) is 0 Å². The van der Waals surface area contributed by atoms with Crippen LogP contribution in [0.4, 0.5) is 4.79 Å². The minimum absolute atomic E-state index is 0.398. The summed E-state index contributed by atoms with van der Waals surface area (Å²) < 4.78 is 0. The lowest BCUT2D eigenvalue weighted by Gasteiger charge is -1.93. The second-order valence-electron chi connectivity index (χ2n) is 3.34. The van der Waals surface area contributed by atoms with Gasteiger partial charge in [-0.1, -0.05) is 0 Å². The van der Waals surface area contributed by atoms with E-state index in [0.29, 0.717) is 16.6 Å². The van der Waals surface area contributed by atoms with Gasteiger partial charge in [0.2, 0.25) is 0 Å². The third-order valence-electron chi connectivity index (χ3n) is 2.32. The number of amides is 2. The maximum atomic E-state index is 10.9. The molecule has 0 radical (unpaired) electrons. The molecule has 1 aromatic heterocycles. The highest BCUT2D eigenvalue weighted by Crippen LogP contribution is 2.36. The molecule has 0 saturated heterocycles. The van der Waals surface area contributed by atoms with Crippen LogP contribution in [-0.4, -0.2) is 11.0 Å². The third-order valence-corrected chi connectivity index (χ3v) is 2.32. The molecule has 0 spiro atoms. The van der Waals surface area contributed by atoms with Crippen LogP contribution < -0.4 is 10.7 Å². The second-order valence-corrected chi connectivity index (χ2v) is 3.34. The Bertz CT molecular complexity index is 502. The zero-order valence-corrected chi connectivity index (χ0v) is 6.90. The van der Waals surface area contributed by atoms with Crippen LogP contribution in [-0.2, 0) is 0 Å². The average molecular weight is 173 g/mol. The van der Waals surface area contributed by atoms with Gasteiger partial charge in [0, 0.05) is 12.1 Å². The summed E-state index contributed by atoms with van der Waals surface area (Å²) in [4.78, 5) is 22.8. The van der Waals surface area contributed by atoms with Gasteiger partial charge in [-0.05, 0) is 18.9 Å². The number of carbonyl (C=O) groups excluding carboxylic acids is 1. The molecular weight excluding hydrogens is 166 g/mol. The third kappa shape index (κ3) is 0.983. The first-order valence-corrected chi connectivity index (χ1v) is 4.31. The van der Waals surface area contributed by atoms with Crippen LogP contribution in [0, 0.1) is 0 Å². The maximum absolute atomic E-state index is 10.9. The van der Waals surface area contributed by atoms with Gasteiger partial charge < -0.3 is 0 Å². The van der Waals surface area contributed by atoms with Gasteiger partial charge in [0.05, 0.1) is 11.1 Å². The lowest BCUT2D eigenvalue weighted by Crippen LogP contribution is -2.26. The Balaban J connectivity index is 2.36. The van der Waals surface area contributed by atoms with Gasteiger partial charge in [0.15, 0.2) is 0 Å². The van der Waals surface area contributed by atoms with Crippen molar-refractivity contribution in [2.75, 3.05) is 0 Å². The van der Waals surface area contributed by atoms with Gasteiger partial charge in [-0.3, -0.25) is 4.98 Å². The molecule has 0 aromatic carbocycles. The summed E-state index contributed by atoms with van der Waals surface area (Å²) in [6.07, 6.45) is 4.02. The monoisotopic (exact) mass is 173 g/mol. The highest BCUT2D eigenvalue weighted by molar-refractivity contribution is 5.77. The lowest BCUT2D eigenvalue weighted by atomic mass is 10.2. The van der Waals surface area contributed by atoms with E-state index in [-0.39, 0.29) is 0 Å². The summed E-state index contributed by atoms with van der Waals surface area (Å²) in [7, 11) is 0. The van der Waals surface area contributed by atoms with E-state index in [4.69, 9.17) is 0 Å². The van der Waals surface area contributed by atoms with Crippen LogP contribution in [0.2, 0.25) is 0 Å². The number of urea groups is 1. The Hall–Kier alpha value is -1.58. The Morgan fingerprint density at radius 1 is 1.31 bits per heavy atom. The number of nitrogens with zero attached hydrogens (tertiary/aromatic N) is 3. The number of hydrogen-bond acceptors (Lipinski definition) is 2. The van der Waals surface area contributed by atoms with Crippen LogP contribution >= 0.6 is 0 Å². The first-order valence-electron chi connectivity index (χ1n) is 4.31. The molecule has 4 nitrogen and oxygen atoms in total. The zero-order valence-electron chi connectivity index (χ0n) is 6.90. The SMILES string of the molecule is O=C1N=c2ccnc(C3CC3)c2=N1. The Kier molecular flexibility index (Phi) is 1.17. The maximum Gasteiger partial charge on any atom is 0.368 e. The Labute approximate surface area is 74.1 Å². The predicted molar refractivity (Wildman–Crippen MR) is 43.9 cm³/mol. The molecule has 1 aromatic rings. The molecule has 4 heteroatoms. The van der Waals surface area contributed by atoms with Crippen molar-refractivity contribution in [3.63, 3.8) is 0 Å². The number of aromatic nitrogens is 1. The normalized spacial score (nSPS) is 19.2. The second kappa shape index (κ2) is 2.22. The molecule has 0 unspecified atom stereocenters. The van der Waals surface area contributed by atoms with Gasteiger partial charge in [0.25, 0.3) is 0 Å². The molecule has 1 fully saturated rings. The molecule has 0 atom stereocenters. The van der Waals surface area contributed by atoms with Gasteiger partial charge >= 0.3 is 6.03 Å². The lowest BCUT2D eigenvalue weighted by molar-refractivity contribution is 0.256. The topological polar surface area (TPSA) is 54.7 Å². The van der Waals surface area contributed by atoms with Crippen molar-refractivity contribution in [3.05, 3.63) is 28.7 Å². The van der Waals surface area contributed by atoms with E-state index >= 15 is 0 Å². The van der Waals surface area contributed by atoms with E-state index in [9.17, 15) is 4.79 Å². The minimum atomic E-state index is -0.398. The summed E-state index contributed by atoms with van der Waals surface area (Å²) in [5.41, 5.74) is 0.951. The first-order chi connectivity index (χ1) is 6.34. The van der Waals surface area contributed by atoms with Crippen molar-refractivity contribution in [1.29, 1.82) is 0 Å². The Morgan fingerprint density at radius 3 is 2.92 bits per heavy atom. The Morgan fingerprint density at radius 2 is 2.15 bits per heavy atom. The van der Waals surface area contributed by atoms with Crippen molar-refractivity contribution >= 4 is 6.03 Å². The molecule has 0 N–H and O–H groups in total. The molecule has 1 aliphatic heterocycles. The number of rotatable bonds is 1. The summed E-state index contributed by atoms with van der Waals surface area (Å²) in [6.45, 7) is 0. The molecule has 0 bridgehead atoms. The molecule has 1 aliphatic carbocycles. The van der Waals surface area contributed by atoms with E-state index < -0.39 is 6.03 Å². The van der Waals surface area contributed by atoms with Crippen LogP contribution in [0.1, 0.15) is 24.5 Å². The first kappa shape index (κ1) is 6.88. The fourth-order valence-corrected chi connectivity index (χ4v) is 1.54. The summed E-state index contributed by atoms with van der Waals surface area (Å²) in [6, 6.07) is 1.33. The largest absolute Gasteiger partial charge is 0.368 e. The van der Waals surface area contributed by atoms with Gasteiger partial charge in [-0.25, -0.2) is 4.79 Å². The molecule has 1 saturated carbocycles. The van der Waals surface area contributed by atoms with E-state index in [1.807, 2.05) is 0 Å². The zero-order chi connectivity index (χ0) is 8.84. The highest BCUT2D eigenvalue weighted by atomic mass is 16.2. The number of hydrogen-bond donors (Lipinski definition) is 0. The van der Waals surface area contributed by atoms with E-state index in [2.05, 4.69) is 15.0 Å². The van der Waals surface area contributed by atoms with E-state index in [1.165, 1.54) is 0 Å². The highest BCUT2D eigenvalue weighted by Gasteiger charge is 2.27. The molecular formula is C9H7N3O. The smallest absolute Gasteiger partial charge is 0.259 e. The average Bonchev–Trinajstić information content (AvgIpc) is 2.86. The van der Waals surface area contributed by atoms with E-state index in [1.54, 1.807) is 12.3 Å². The minimum Gasteiger partial charge on any atom is -0.259 e. The van der Waals surface area contributed by atoms with Crippen LogP contribution in [0.15, 0.2) is 22.2 Å². The standard InChI is InChI=1S/C9H7N3O/c13-9-11-6-3-4-10-7(5-1-2-5)8(6)12-9/h3-5H,1-2H2. The van der Waals surface area contributed by atoms with Gasteiger partial charge in [-0.2, -0.15) is 9.98 Å². The van der Waals surface area contributed by atoms with Gasteiger partial charge in [0.1, 0.15) is 5.36 Å². The van der Waals surface area contributed by atoms with Crippen molar-refractivity contribution < 1.29 is 4.79 Å². The molecule has 2 heterocycles. The van der Waals surface area contributed by atoms with Crippen molar-refractivity contribution in [2.24, 2.45) is 9.98 Å². The predicted octanol–water partition coefficient (Wildman–Crippen LogP) is 0.332. The molecule has 3 rings (SSSR count). The van der Waals surface area contributed by atoms with Crippen molar-refractivity contribution in [1.82, 2.24) is 4.98 Å². The number of pyridine rings is 1. The molecule has 64 valence electrons. The molecule has 2 amide bonds. The van der Waals surface area contributed by atoms with E-state index in [0.717, 1.165) is 18.5 Å². The quantitative estimate of drug-likeness (QED) is 0.614. The summed E-state index contributed by atoms with van der Waals surface area (Å²) in [5, 5.41) is 1.39. The fourth-order valence-electron chi connectivity index (χ4n) is 1.54. The van der Waals surface area contributed by atoms with Crippen LogP contribution in [0.5, 0.6) is 0 Å². The summed E-state index contributed by atoms with van der Waals surface area (Å²) >= 11 is 0. The van der Waals surface area contributed by atoms with Crippen LogP contribution in [0.25, 0.3) is 0 Å². The molecule has 2 aliphatic rings.